The van der Waals surface area contributed by atoms with Gasteiger partial charge in [0.25, 0.3) is 0 Å². The lowest BCUT2D eigenvalue weighted by Gasteiger charge is -2.13. The fourth-order valence-electron chi connectivity index (χ4n) is 3.46. The van der Waals surface area contributed by atoms with E-state index in [1.807, 2.05) is 6.92 Å². The number of aromatic nitrogens is 1. The van der Waals surface area contributed by atoms with E-state index in [0.29, 0.717) is 33.5 Å². The molecule has 0 N–H and O–H groups in total. The van der Waals surface area contributed by atoms with Crippen molar-refractivity contribution in [1.82, 2.24) is 4.98 Å². The topological polar surface area (TPSA) is 47.0 Å². The molecular formula is C19H19ClFNO2S. The van der Waals surface area contributed by atoms with Crippen molar-refractivity contribution in [2.75, 3.05) is 0 Å². The van der Waals surface area contributed by atoms with Crippen LogP contribution in [-0.2, 0) is 9.59 Å². The molecule has 1 aromatic heterocycles. The highest BCUT2D eigenvalue weighted by Crippen LogP contribution is 2.37. The van der Waals surface area contributed by atoms with Gasteiger partial charge in [0.2, 0.25) is 0 Å². The van der Waals surface area contributed by atoms with Crippen molar-refractivity contribution in [2.24, 2.45) is 11.8 Å². The number of hydrogen-bond donors (Lipinski definition) is 0. The summed E-state index contributed by atoms with van der Waals surface area (Å²) in [5.74, 6) is -0.962. The molecule has 1 aromatic carbocycles. The van der Waals surface area contributed by atoms with E-state index in [-0.39, 0.29) is 11.7 Å². The normalized spacial score (nSPS) is 21.3. The van der Waals surface area contributed by atoms with E-state index < -0.39 is 11.7 Å². The molecule has 1 aliphatic carbocycles. The number of carbonyl (C=O) groups is 2. The van der Waals surface area contributed by atoms with Crippen LogP contribution in [0.25, 0.3) is 10.6 Å². The van der Waals surface area contributed by atoms with Gasteiger partial charge in [0.05, 0.1) is 5.69 Å². The molecule has 3 rings (SSSR count). The summed E-state index contributed by atoms with van der Waals surface area (Å²) < 4.78 is 14.2. The first-order valence-corrected chi connectivity index (χ1v) is 9.52. The van der Waals surface area contributed by atoms with Gasteiger partial charge in [-0.15, -0.1) is 11.3 Å². The van der Waals surface area contributed by atoms with E-state index in [9.17, 15) is 14.0 Å². The summed E-state index contributed by atoms with van der Waals surface area (Å²) in [4.78, 5) is 29.6. The standard InChI is InChI=1S/C19H19ClFNO2S/c1-10-3-4-12(7-10)18(24)15(9-23)17-11(2)25-19(22-17)14-6-5-13(20)8-16(14)21/h5-6,8-10,12,15H,3-4,7H2,1-2H3/t10-,12-,15?/m1/s1. The molecule has 1 fully saturated rings. The molecule has 25 heavy (non-hydrogen) atoms. The molecule has 1 saturated carbocycles. The van der Waals surface area contributed by atoms with Crippen LogP contribution in [0.2, 0.25) is 5.02 Å². The van der Waals surface area contributed by atoms with Crippen LogP contribution < -0.4 is 0 Å². The number of benzene rings is 1. The van der Waals surface area contributed by atoms with Crippen LogP contribution in [-0.4, -0.2) is 17.1 Å². The molecule has 1 unspecified atom stereocenters. The lowest BCUT2D eigenvalue weighted by atomic mass is 9.89. The minimum atomic E-state index is -0.865. The van der Waals surface area contributed by atoms with Crippen molar-refractivity contribution >= 4 is 35.0 Å². The minimum absolute atomic E-state index is 0.0594. The number of ketones is 1. The number of halogens is 2. The number of Topliss-reactive ketones (excluding diaryl/α,β-unsaturated/α-hetero) is 1. The van der Waals surface area contributed by atoms with Gasteiger partial charge >= 0.3 is 0 Å². The fraction of sp³-hybridized carbons (Fsp3) is 0.421. The molecule has 3 nitrogen and oxygen atoms in total. The molecule has 0 amide bonds. The Morgan fingerprint density at radius 2 is 2.20 bits per heavy atom. The average Bonchev–Trinajstić information content (AvgIpc) is 3.15. The number of rotatable bonds is 5. The Labute approximate surface area is 155 Å². The third kappa shape index (κ3) is 3.67. The zero-order valence-corrected chi connectivity index (χ0v) is 15.7. The number of aryl methyl sites for hydroxylation is 1. The number of aldehydes is 1. The summed E-state index contributed by atoms with van der Waals surface area (Å²) in [6.07, 6.45) is 3.34. The van der Waals surface area contributed by atoms with E-state index in [2.05, 4.69) is 11.9 Å². The Morgan fingerprint density at radius 3 is 2.80 bits per heavy atom. The van der Waals surface area contributed by atoms with Crippen molar-refractivity contribution in [1.29, 1.82) is 0 Å². The van der Waals surface area contributed by atoms with E-state index in [0.717, 1.165) is 24.1 Å². The minimum Gasteiger partial charge on any atom is -0.302 e. The summed E-state index contributed by atoms with van der Waals surface area (Å²) in [6, 6.07) is 4.39. The van der Waals surface area contributed by atoms with Gasteiger partial charge in [-0.2, -0.15) is 0 Å². The molecule has 132 valence electrons. The van der Waals surface area contributed by atoms with E-state index in [1.165, 1.54) is 17.4 Å². The summed E-state index contributed by atoms with van der Waals surface area (Å²) in [5.41, 5.74) is 0.782. The zero-order chi connectivity index (χ0) is 18.1. The molecule has 1 heterocycles. The largest absolute Gasteiger partial charge is 0.302 e. The van der Waals surface area contributed by atoms with Crippen LogP contribution in [0.1, 0.15) is 42.7 Å². The van der Waals surface area contributed by atoms with Gasteiger partial charge in [-0.1, -0.05) is 18.5 Å². The van der Waals surface area contributed by atoms with Crippen LogP contribution in [0.4, 0.5) is 4.39 Å². The van der Waals surface area contributed by atoms with Gasteiger partial charge in [0, 0.05) is 21.4 Å². The monoisotopic (exact) mass is 379 g/mol. The third-order valence-electron chi connectivity index (χ3n) is 4.83. The molecule has 6 heteroatoms. The number of thiazole rings is 1. The van der Waals surface area contributed by atoms with Crippen LogP contribution in [0.15, 0.2) is 18.2 Å². The maximum atomic E-state index is 14.2. The first-order valence-electron chi connectivity index (χ1n) is 8.32. The predicted octanol–water partition coefficient (Wildman–Crippen LogP) is 5.20. The second kappa shape index (κ2) is 7.34. The van der Waals surface area contributed by atoms with Crippen molar-refractivity contribution < 1.29 is 14.0 Å². The maximum Gasteiger partial charge on any atom is 0.152 e. The van der Waals surface area contributed by atoms with Gasteiger partial charge < -0.3 is 4.79 Å². The smallest absolute Gasteiger partial charge is 0.152 e. The van der Waals surface area contributed by atoms with E-state index in [1.54, 1.807) is 12.1 Å². The third-order valence-corrected chi connectivity index (χ3v) is 6.08. The van der Waals surface area contributed by atoms with Crippen molar-refractivity contribution in [3.8, 4) is 10.6 Å². The highest BCUT2D eigenvalue weighted by atomic mass is 35.5. The number of hydrogen-bond acceptors (Lipinski definition) is 4. The molecule has 0 spiro atoms. The van der Waals surface area contributed by atoms with Crippen molar-refractivity contribution in [3.63, 3.8) is 0 Å². The van der Waals surface area contributed by atoms with E-state index in [4.69, 9.17) is 11.6 Å². The molecule has 0 saturated heterocycles. The maximum absolute atomic E-state index is 14.2. The summed E-state index contributed by atoms with van der Waals surface area (Å²) in [5, 5.41) is 0.771. The lowest BCUT2D eigenvalue weighted by molar-refractivity contribution is -0.127. The van der Waals surface area contributed by atoms with Crippen LogP contribution in [0, 0.1) is 24.6 Å². The molecule has 0 aliphatic heterocycles. The molecule has 1 aliphatic rings. The molecule has 2 aromatic rings. The van der Waals surface area contributed by atoms with Gasteiger partial charge in [-0.3, -0.25) is 4.79 Å². The first kappa shape index (κ1) is 18.2. The van der Waals surface area contributed by atoms with Gasteiger partial charge in [0.15, 0.2) is 5.78 Å². The average molecular weight is 380 g/mol. The summed E-state index contributed by atoms with van der Waals surface area (Å²) in [6.45, 7) is 3.93. The first-order chi connectivity index (χ1) is 11.9. The van der Waals surface area contributed by atoms with Gasteiger partial charge in [-0.25, -0.2) is 9.37 Å². The van der Waals surface area contributed by atoms with Gasteiger partial charge in [0.1, 0.15) is 23.0 Å². The zero-order valence-electron chi connectivity index (χ0n) is 14.1. The Kier molecular flexibility index (Phi) is 5.35. The Balaban J connectivity index is 1.92. The number of nitrogens with zero attached hydrogens (tertiary/aromatic N) is 1. The van der Waals surface area contributed by atoms with Crippen LogP contribution >= 0.6 is 22.9 Å². The van der Waals surface area contributed by atoms with Gasteiger partial charge in [-0.05, 0) is 50.3 Å². The summed E-state index contributed by atoms with van der Waals surface area (Å²) in [7, 11) is 0. The Hall–Kier alpha value is -1.59. The molecule has 0 radical (unpaired) electrons. The predicted molar refractivity (Wildman–Crippen MR) is 97.6 cm³/mol. The van der Waals surface area contributed by atoms with Crippen molar-refractivity contribution in [3.05, 3.63) is 39.6 Å². The van der Waals surface area contributed by atoms with Crippen molar-refractivity contribution in [2.45, 2.75) is 39.0 Å². The second-order valence-corrected chi connectivity index (χ2v) is 8.36. The highest BCUT2D eigenvalue weighted by molar-refractivity contribution is 7.15. The molecule has 0 bridgehead atoms. The fourth-order valence-corrected chi connectivity index (χ4v) is 4.61. The highest BCUT2D eigenvalue weighted by Gasteiger charge is 2.35. The number of carbonyl (C=O) groups excluding carboxylic acids is 2. The van der Waals surface area contributed by atoms with E-state index >= 15 is 0 Å². The Morgan fingerprint density at radius 1 is 1.44 bits per heavy atom. The lowest BCUT2D eigenvalue weighted by Crippen LogP contribution is -2.22. The second-order valence-electron chi connectivity index (χ2n) is 6.72. The molecular weight excluding hydrogens is 361 g/mol. The SMILES string of the molecule is Cc1sc(-c2ccc(Cl)cc2F)nc1C(C=O)C(=O)[C@@H]1CC[C@@H](C)C1. The van der Waals surface area contributed by atoms with Crippen LogP contribution in [0.5, 0.6) is 0 Å². The summed E-state index contributed by atoms with van der Waals surface area (Å²) >= 11 is 7.08. The molecule has 3 atom stereocenters. The van der Waals surface area contributed by atoms with Crippen LogP contribution in [0.3, 0.4) is 0 Å². The Bertz CT molecular complexity index is 820. The quantitative estimate of drug-likeness (QED) is 0.530.